The highest BCUT2D eigenvalue weighted by atomic mass is 16.5. The van der Waals surface area contributed by atoms with E-state index in [4.69, 9.17) is 9.15 Å². The Morgan fingerprint density at radius 1 is 1.32 bits per heavy atom. The number of hydrogen-bond donors (Lipinski definition) is 1. The molecule has 98 valence electrons. The zero-order chi connectivity index (χ0) is 13.0. The third-order valence-corrected chi connectivity index (χ3v) is 4.15. The van der Waals surface area contributed by atoms with Gasteiger partial charge in [0.25, 0.3) is 0 Å². The third-order valence-electron chi connectivity index (χ3n) is 4.15. The zero-order valence-corrected chi connectivity index (χ0v) is 10.9. The van der Waals surface area contributed by atoms with Gasteiger partial charge in [-0.15, -0.1) is 0 Å². The van der Waals surface area contributed by atoms with E-state index in [1.165, 1.54) is 17.7 Å². The number of hydrogen-bond acceptors (Lipinski definition) is 3. The molecule has 1 atom stereocenters. The minimum absolute atomic E-state index is 0.281. The maximum atomic E-state index is 11.6. The average Bonchev–Trinajstić information content (AvgIpc) is 3.22. The number of quaternary nitrogens is 1. The fourth-order valence-corrected chi connectivity index (χ4v) is 2.93. The van der Waals surface area contributed by atoms with Crippen molar-refractivity contribution in [3.8, 4) is 5.75 Å². The lowest BCUT2D eigenvalue weighted by Crippen LogP contribution is -3.13. The molecule has 1 aromatic heterocycles. The molecule has 1 unspecified atom stereocenters. The molecule has 4 heteroatoms. The van der Waals surface area contributed by atoms with E-state index in [1.807, 2.05) is 19.1 Å². The van der Waals surface area contributed by atoms with Gasteiger partial charge in [-0.25, -0.2) is 4.79 Å². The first kappa shape index (κ1) is 11.1. The summed E-state index contributed by atoms with van der Waals surface area (Å²) in [5.41, 5.74) is 2.44. The molecule has 0 saturated heterocycles. The number of nitrogens with one attached hydrogen (secondary N) is 1. The summed E-state index contributed by atoms with van der Waals surface area (Å²) in [5.74, 6) is 0.866. The zero-order valence-electron chi connectivity index (χ0n) is 10.9. The molecule has 19 heavy (non-hydrogen) atoms. The van der Waals surface area contributed by atoms with E-state index in [9.17, 15) is 4.79 Å². The second-order valence-corrected chi connectivity index (χ2v) is 5.57. The van der Waals surface area contributed by atoms with Crippen LogP contribution in [0.3, 0.4) is 0 Å². The minimum atomic E-state index is -0.281. The van der Waals surface area contributed by atoms with E-state index in [-0.39, 0.29) is 5.63 Å². The first-order chi connectivity index (χ1) is 9.22. The molecular formula is C15H16NO3+. The van der Waals surface area contributed by atoms with Crippen LogP contribution < -0.4 is 15.3 Å². The Balaban J connectivity index is 1.92. The van der Waals surface area contributed by atoms with Crippen molar-refractivity contribution in [2.24, 2.45) is 0 Å². The third kappa shape index (κ3) is 1.75. The summed E-state index contributed by atoms with van der Waals surface area (Å²) in [6.07, 6.45) is 2.56. The SMILES string of the molecule is Cc1cc(=O)oc2c3c(ccc12)OC[NH+](C1CC1)C3. The standard InChI is InChI=1S/C15H15NO3/c1-9-6-14(17)19-15-11(9)4-5-13-12(15)7-16(8-18-13)10-2-3-10/h4-6,10H,2-3,7-8H2,1H3/p+1. The van der Waals surface area contributed by atoms with E-state index in [0.717, 1.165) is 41.6 Å². The average molecular weight is 258 g/mol. The molecule has 4 rings (SSSR count). The Labute approximate surface area is 110 Å². The van der Waals surface area contributed by atoms with E-state index in [2.05, 4.69) is 0 Å². The highest BCUT2D eigenvalue weighted by molar-refractivity contribution is 5.84. The van der Waals surface area contributed by atoms with Crippen molar-refractivity contribution in [1.82, 2.24) is 0 Å². The summed E-state index contributed by atoms with van der Waals surface area (Å²) in [7, 11) is 0. The van der Waals surface area contributed by atoms with E-state index in [1.54, 1.807) is 6.07 Å². The maximum Gasteiger partial charge on any atom is 0.336 e. The number of fused-ring (bicyclic) bond motifs is 3. The van der Waals surface area contributed by atoms with Crippen molar-refractivity contribution in [1.29, 1.82) is 0 Å². The Hall–Kier alpha value is -1.81. The fourth-order valence-electron chi connectivity index (χ4n) is 2.93. The van der Waals surface area contributed by atoms with E-state index >= 15 is 0 Å². The van der Waals surface area contributed by atoms with Crippen LogP contribution in [0.15, 0.2) is 27.4 Å². The van der Waals surface area contributed by atoms with Crippen molar-refractivity contribution < 1.29 is 14.1 Å². The lowest BCUT2D eigenvalue weighted by molar-refractivity contribution is -0.943. The van der Waals surface area contributed by atoms with E-state index < -0.39 is 0 Å². The largest absolute Gasteiger partial charge is 0.445 e. The van der Waals surface area contributed by atoms with Crippen molar-refractivity contribution in [3.63, 3.8) is 0 Å². The van der Waals surface area contributed by atoms with Gasteiger partial charge in [0.2, 0.25) is 6.73 Å². The molecule has 1 fully saturated rings. The van der Waals surface area contributed by atoms with Crippen LogP contribution in [0.4, 0.5) is 0 Å². The molecule has 0 radical (unpaired) electrons. The van der Waals surface area contributed by atoms with Gasteiger partial charge in [0.05, 0.1) is 11.6 Å². The molecule has 2 aromatic rings. The molecule has 1 aliphatic heterocycles. The number of benzene rings is 1. The van der Waals surface area contributed by atoms with Gasteiger partial charge in [0.15, 0.2) is 5.58 Å². The summed E-state index contributed by atoms with van der Waals surface area (Å²) >= 11 is 0. The van der Waals surface area contributed by atoms with Gasteiger partial charge in [0.1, 0.15) is 12.3 Å². The summed E-state index contributed by atoms with van der Waals surface area (Å²) in [6, 6.07) is 6.24. The smallest absolute Gasteiger partial charge is 0.336 e. The molecule has 1 aliphatic carbocycles. The van der Waals surface area contributed by atoms with Crippen LogP contribution in [0, 0.1) is 6.92 Å². The molecule has 0 amide bonds. The highest BCUT2D eigenvalue weighted by Gasteiger charge is 2.37. The molecule has 2 heterocycles. The van der Waals surface area contributed by atoms with Crippen LogP contribution >= 0.6 is 0 Å². The predicted octanol–water partition coefficient (Wildman–Crippen LogP) is 0.999. The van der Waals surface area contributed by atoms with Crippen molar-refractivity contribution >= 4 is 11.0 Å². The Morgan fingerprint density at radius 3 is 2.95 bits per heavy atom. The molecule has 1 aromatic carbocycles. The molecule has 1 saturated carbocycles. The van der Waals surface area contributed by atoms with Crippen LogP contribution in [0.1, 0.15) is 24.0 Å². The lowest BCUT2D eigenvalue weighted by atomic mass is 10.0. The molecule has 1 N–H and O–H groups in total. The normalized spacial score (nSPS) is 22.1. The Morgan fingerprint density at radius 2 is 2.16 bits per heavy atom. The van der Waals surface area contributed by atoms with Gasteiger partial charge in [-0.3, -0.25) is 4.90 Å². The molecule has 0 spiro atoms. The van der Waals surface area contributed by atoms with Gasteiger partial charge < -0.3 is 9.15 Å². The summed E-state index contributed by atoms with van der Waals surface area (Å²) < 4.78 is 11.3. The Kier molecular flexibility index (Phi) is 2.23. The maximum absolute atomic E-state index is 11.6. The first-order valence-electron chi connectivity index (χ1n) is 6.76. The topological polar surface area (TPSA) is 43.9 Å². The van der Waals surface area contributed by atoms with Crippen LogP contribution in [0.2, 0.25) is 0 Å². The molecular weight excluding hydrogens is 242 g/mol. The van der Waals surface area contributed by atoms with Crippen molar-refractivity contribution in [2.45, 2.75) is 32.4 Å². The van der Waals surface area contributed by atoms with Crippen LogP contribution in [0.25, 0.3) is 11.0 Å². The Bertz CT molecular complexity index is 715. The predicted molar refractivity (Wildman–Crippen MR) is 70.4 cm³/mol. The molecule has 2 aliphatic rings. The lowest BCUT2D eigenvalue weighted by Gasteiger charge is -2.26. The van der Waals surface area contributed by atoms with Crippen molar-refractivity contribution in [3.05, 3.63) is 39.7 Å². The van der Waals surface area contributed by atoms with Crippen LogP contribution in [-0.4, -0.2) is 12.8 Å². The van der Waals surface area contributed by atoms with Gasteiger partial charge in [-0.1, -0.05) is 0 Å². The minimum Gasteiger partial charge on any atom is -0.445 e. The first-order valence-corrected chi connectivity index (χ1v) is 6.76. The van der Waals surface area contributed by atoms with Crippen molar-refractivity contribution in [2.75, 3.05) is 6.73 Å². The second-order valence-electron chi connectivity index (χ2n) is 5.57. The number of rotatable bonds is 1. The number of aryl methyl sites for hydroxylation is 1. The van der Waals surface area contributed by atoms with Crippen LogP contribution in [0.5, 0.6) is 5.75 Å². The summed E-state index contributed by atoms with van der Waals surface area (Å²) in [6.45, 7) is 3.56. The van der Waals surface area contributed by atoms with Crippen LogP contribution in [-0.2, 0) is 6.54 Å². The van der Waals surface area contributed by atoms with Gasteiger partial charge in [-0.05, 0) is 24.6 Å². The fraction of sp³-hybridized carbons (Fsp3) is 0.400. The van der Waals surface area contributed by atoms with Gasteiger partial charge in [-0.2, -0.15) is 0 Å². The summed E-state index contributed by atoms with van der Waals surface area (Å²) in [5, 5.41) is 1.01. The second kappa shape index (κ2) is 3.84. The van der Waals surface area contributed by atoms with Gasteiger partial charge >= 0.3 is 5.63 Å². The number of ether oxygens (including phenoxy) is 1. The summed E-state index contributed by atoms with van der Waals surface area (Å²) in [4.78, 5) is 13.1. The van der Waals surface area contributed by atoms with E-state index in [0.29, 0.717) is 5.58 Å². The highest BCUT2D eigenvalue weighted by Crippen LogP contribution is 2.30. The van der Waals surface area contributed by atoms with Gasteiger partial charge in [0, 0.05) is 24.3 Å². The molecule has 0 bridgehead atoms. The monoisotopic (exact) mass is 258 g/mol. The quantitative estimate of drug-likeness (QED) is 0.776. The molecule has 4 nitrogen and oxygen atoms in total.